The smallest absolute Gasteiger partial charge is 0.0568 e. The predicted octanol–water partition coefficient (Wildman–Crippen LogP) is 2.33. The molecule has 2 N–H and O–H groups in total. The lowest BCUT2D eigenvalue weighted by molar-refractivity contribution is 0.0858. The van der Waals surface area contributed by atoms with E-state index >= 15 is 0 Å². The van der Waals surface area contributed by atoms with Crippen LogP contribution in [0.1, 0.15) is 52.9 Å². The van der Waals surface area contributed by atoms with Crippen LogP contribution in [0.2, 0.25) is 0 Å². The molecule has 0 saturated heterocycles. The second kappa shape index (κ2) is 7.34. The molecule has 0 rings (SSSR count). The van der Waals surface area contributed by atoms with Gasteiger partial charge in [-0.15, -0.1) is 0 Å². The van der Waals surface area contributed by atoms with Crippen molar-refractivity contribution in [2.45, 2.75) is 65.1 Å². The minimum absolute atomic E-state index is 0.172. The van der Waals surface area contributed by atoms with Gasteiger partial charge in [-0.2, -0.15) is 0 Å². The van der Waals surface area contributed by atoms with Crippen LogP contribution in [0.3, 0.4) is 0 Å². The second-order valence-electron chi connectivity index (χ2n) is 3.92. The molecule has 2 unspecified atom stereocenters. The first-order chi connectivity index (χ1) is 6.11. The molecule has 0 saturated carbocycles. The molecule has 0 fully saturated rings. The van der Waals surface area contributed by atoms with Crippen molar-refractivity contribution in [2.75, 3.05) is 0 Å². The minimum Gasteiger partial charge on any atom is -0.393 e. The molecule has 0 aromatic rings. The Kier molecular flexibility index (Phi) is 7.29. The molecule has 13 heavy (non-hydrogen) atoms. The lowest BCUT2D eigenvalue weighted by Gasteiger charge is -2.19. The van der Waals surface area contributed by atoms with Crippen LogP contribution in [0.25, 0.3) is 0 Å². The average molecular weight is 188 g/mol. The molecule has 80 valence electrons. The van der Waals surface area contributed by atoms with Crippen LogP contribution in [0, 0.1) is 5.92 Å². The summed E-state index contributed by atoms with van der Waals surface area (Å²) < 4.78 is 0. The van der Waals surface area contributed by atoms with Gasteiger partial charge in [0, 0.05) is 0 Å². The quantitative estimate of drug-likeness (QED) is 0.644. The molecular weight excluding hydrogens is 164 g/mol. The van der Waals surface area contributed by atoms with Gasteiger partial charge in [-0.1, -0.05) is 26.7 Å². The number of rotatable bonds is 7. The third-order valence-electron chi connectivity index (χ3n) is 2.71. The van der Waals surface area contributed by atoms with Crippen molar-refractivity contribution >= 4 is 0 Å². The normalized spacial score (nSPS) is 16.2. The van der Waals surface area contributed by atoms with Crippen LogP contribution in [-0.2, 0) is 0 Å². The molecule has 2 nitrogen and oxygen atoms in total. The lowest BCUT2D eigenvalue weighted by Crippen LogP contribution is -2.19. The van der Waals surface area contributed by atoms with Crippen LogP contribution in [0.15, 0.2) is 0 Å². The van der Waals surface area contributed by atoms with E-state index in [4.69, 9.17) is 5.11 Å². The van der Waals surface area contributed by atoms with Crippen LogP contribution in [0.5, 0.6) is 0 Å². The summed E-state index contributed by atoms with van der Waals surface area (Å²) in [5.74, 6) is 0.439. The summed E-state index contributed by atoms with van der Waals surface area (Å²) >= 11 is 0. The zero-order chi connectivity index (χ0) is 10.3. The van der Waals surface area contributed by atoms with Crippen LogP contribution in [0.4, 0.5) is 0 Å². The van der Waals surface area contributed by atoms with Gasteiger partial charge in [-0.25, -0.2) is 0 Å². The van der Waals surface area contributed by atoms with E-state index in [1.54, 1.807) is 6.92 Å². The molecule has 0 bridgehead atoms. The maximum Gasteiger partial charge on any atom is 0.0568 e. The first kappa shape index (κ1) is 12.9. The topological polar surface area (TPSA) is 40.5 Å². The number of aliphatic hydroxyl groups excluding tert-OH is 2. The summed E-state index contributed by atoms with van der Waals surface area (Å²) in [4.78, 5) is 0. The molecule has 0 amide bonds. The van der Waals surface area contributed by atoms with Gasteiger partial charge < -0.3 is 10.2 Å². The fourth-order valence-corrected chi connectivity index (χ4v) is 1.69. The highest BCUT2D eigenvalue weighted by Crippen LogP contribution is 2.18. The van der Waals surface area contributed by atoms with Crippen molar-refractivity contribution in [2.24, 2.45) is 5.92 Å². The van der Waals surface area contributed by atoms with E-state index in [9.17, 15) is 5.11 Å². The zero-order valence-corrected chi connectivity index (χ0v) is 9.16. The largest absolute Gasteiger partial charge is 0.393 e. The molecule has 2 heteroatoms. The fraction of sp³-hybridized carbons (Fsp3) is 1.00. The Morgan fingerprint density at radius 1 is 1.00 bits per heavy atom. The number of hydrogen-bond donors (Lipinski definition) is 2. The van der Waals surface area contributed by atoms with Crippen LogP contribution >= 0.6 is 0 Å². The van der Waals surface area contributed by atoms with Gasteiger partial charge in [-0.3, -0.25) is 0 Å². The summed E-state index contributed by atoms with van der Waals surface area (Å²) in [6, 6.07) is 0. The SMILES string of the molecule is CCC(CC)C(O)CCCC(C)O. The number of hydrogen-bond acceptors (Lipinski definition) is 2. The van der Waals surface area contributed by atoms with E-state index in [1.807, 2.05) is 0 Å². The Balaban J connectivity index is 3.53. The maximum atomic E-state index is 9.74. The van der Waals surface area contributed by atoms with Gasteiger partial charge in [0.2, 0.25) is 0 Å². The molecule has 0 aromatic carbocycles. The Hall–Kier alpha value is -0.0800. The van der Waals surface area contributed by atoms with Crippen molar-refractivity contribution in [3.63, 3.8) is 0 Å². The molecule has 0 aliphatic carbocycles. The maximum absolute atomic E-state index is 9.74. The van der Waals surface area contributed by atoms with E-state index in [1.165, 1.54) is 0 Å². The molecule has 0 heterocycles. The van der Waals surface area contributed by atoms with Gasteiger partial charge in [-0.05, 0) is 32.1 Å². The van der Waals surface area contributed by atoms with Gasteiger partial charge in [0.15, 0.2) is 0 Å². The van der Waals surface area contributed by atoms with Gasteiger partial charge in [0.25, 0.3) is 0 Å². The summed E-state index contributed by atoms with van der Waals surface area (Å²) in [5, 5.41) is 18.8. The highest BCUT2D eigenvalue weighted by Gasteiger charge is 2.14. The van der Waals surface area contributed by atoms with Crippen LogP contribution in [-0.4, -0.2) is 22.4 Å². The standard InChI is InChI=1S/C11H24O2/c1-4-10(5-2)11(13)8-6-7-9(3)12/h9-13H,4-8H2,1-3H3. The summed E-state index contributed by atoms with van der Waals surface area (Å²) in [5.41, 5.74) is 0. The molecule has 0 spiro atoms. The van der Waals surface area contributed by atoms with E-state index < -0.39 is 0 Å². The van der Waals surface area contributed by atoms with Crippen molar-refractivity contribution in [1.29, 1.82) is 0 Å². The minimum atomic E-state index is -0.228. The molecule has 0 aliphatic heterocycles. The summed E-state index contributed by atoms with van der Waals surface area (Å²) in [6.45, 7) is 6.03. The molecule has 2 atom stereocenters. The van der Waals surface area contributed by atoms with Gasteiger partial charge in [0.05, 0.1) is 12.2 Å². The number of aliphatic hydroxyl groups is 2. The van der Waals surface area contributed by atoms with E-state index in [2.05, 4.69) is 13.8 Å². The zero-order valence-electron chi connectivity index (χ0n) is 9.16. The third-order valence-corrected chi connectivity index (χ3v) is 2.71. The Morgan fingerprint density at radius 2 is 1.54 bits per heavy atom. The van der Waals surface area contributed by atoms with Crippen molar-refractivity contribution < 1.29 is 10.2 Å². The Bertz CT molecular complexity index is 109. The molecular formula is C11H24O2. The Morgan fingerprint density at radius 3 is 1.92 bits per heavy atom. The predicted molar refractivity (Wildman–Crippen MR) is 55.6 cm³/mol. The van der Waals surface area contributed by atoms with Gasteiger partial charge >= 0.3 is 0 Å². The molecule has 0 aliphatic rings. The van der Waals surface area contributed by atoms with Crippen molar-refractivity contribution in [3.8, 4) is 0 Å². The monoisotopic (exact) mass is 188 g/mol. The second-order valence-corrected chi connectivity index (χ2v) is 3.92. The first-order valence-corrected chi connectivity index (χ1v) is 5.47. The molecule has 0 aromatic heterocycles. The fourth-order valence-electron chi connectivity index (χ4n) is 1.69. The van der Waals surface area contributed by atoms with Gasteiger partial charge in [0.1, 0.15) is 0 Å². The van der Waals surface area contributed by atoms with E-state index in [0.29, 0.717) is 5.92 Å². The summed E-state index contributed by atoms with van der Waals surface area (Å²) in [7, 11) is 0. The average Bonchev–Trinajstić information content (AvgIpc) is 2.05. The van der Waals surface area contributed by atoms with E-state index in [0.717, 1.165) is 32.1 Å². The molecule has 0 radical (unpaired) electrons. The lowest BCUT2D eigenvalue weighted by atomic mass is 9.92. The highest BCUT2D eigenvalue weighted by molar-refractivity contribution is 4.66. The Labute approximate surface area is 82.0 Å². The van der Waals surface area contributed by atoms with Crippen molar-refractivity contribution in [1.82, 2.24) is 0 Å². The highest BCUT2D eigenvalue weighted by atomic mass is 16.3. The van der Waals surface area contributed by atoms with Crippen molar-refractivity contribution in [3.05, 3.63) is 0 Å². The van der Waals surface area contributed by atoms with E-state index in [-0.39, 0.29) is 12.2 Å². The first-order valence-electron chi connectivity index (χ1n) is 5.47. The summed E-state index contributed by atoms with van der Waals surface area (Å²) in [6.07, 6.45) is 4.25. The van der Waals surface area contributed by atoms with Crippen LogP contribution < -0.4 is 0 Å². The third kappa shape index (κ3) is 6.05.